The second-order valence-electron chi connectivity index (χ2n) is 3.55. The van der Waals surface area contributed by atoms with Gasteiger partial charge < -0.3 is 5.32 Å². The summed E-state index contributed by atoms with van der Waals surface area (Å²) in [6.45, 7) is 6.85. The van der Waals surface area contributed by atoms with Gasteiger partial charge in [0, 0.05) is 6.54 Å². The van der Waals surface area contributed by atoms with E-state index in [1.54, 1.807) is 11.8 Å². The van der Waals surface area contributed by atoms with Gasteiger partial charge in [-0.1, -0.05) is 6.92 Å². The molecule has 1 heterocycles. The lowest BCUT2D eigenvalue weighted by Crippen LogP contribution is -2.40. The van der Waals surface area contributed by atoms with Crippen LogP contribution in [0.25, 0.3) is 0 Å². The molecule has 0 atom stereocenters. The van der Waals surface area contributed by atoms with Crippen molar-refractivity contribution in [1.82, 2.24) is 5.32 Å². The summed E-state index contributed by atoms with van der Waals surface area (Å²) >= 11 is 1.70. The lowest BCUT2D eigenvalue weighted by Gasteiger charge is -2.18. The van der Waals surface area contributed by atoms with Crippen LogP contribution in [0.2, 0.25) is 0 Å². The van der Waals surface area contributed by atoms with E-state index in [-0.39, 0.29) is 10.7 Å². The third kappa shape index (κ3) is 2.46. The fourth-order valence-electron chi connectivity index (χ4n) is 1.18. The average molecular weight is 200 g/mol. The first-order chi connectivity index (χ1) is 6.08. The summed E-state index contributed by atoms with van der Waals surface area (Å²) in [4.78, 5) is 15.8. The Morgan fingerprint density at radius 3 is 2.85 bits per heavy atom. The van der Waals surface area contributed by atoms with Gasteiger partial charge in [-0.3, -0.25) is 9.79 Å². The van der Waals surface area contributed by atoms with E-state index in [9.17, 15) is 4.79 Å². The number of carbonyl (C=O) groups is 1. The highest BCUT2D eigenvalue weighted by atomic mass is 32.2. The van der Waals surface area contributed by atoms with E-state index in [0.717, 1.165) is 13.0 Å². The third-order valence-electron chi connectivity index (χ3n) is 1.97. The van der Waals surface area contributed by atoms with E-state index in [4.69, 9.17) is 0 Å². The number of thioether (sulfide) groups is 1. The number of amides is 1. The molecule has 1 rings (SSSR count). The van der Waals surface area contributed by atoms with Gasteiger partial charge in [-0.15, -0.1) is 11.8 Å². The van der Waals surface area contributed by atoms with Gasteiger partial charge in [-0.05, 0) is 20.3 Å². The summed E-state index contributed by atoms with van der Waals surface area (Å²) in [6.07, 6.45) is 0.965. The van der Waals surface area contributed by atoms with Gasteiger partial charge in [0.15, 0.2) is 0 Å². The minimum atomic E-state index is -0.113. The Kier molecular flexibility index (Phi) is 3.36. The maximum Gasteiger partial charge on any atom is 0.266 e. The maximum atomic E-state index is 11.6. The summed E-state index contributed by atoms with van der Waals surface area (Å²) in [6, 6.07) is 0. The van der Waals surface area contributed by atoms with Crippen molar-refractivity contribution in [2.45, 2.75) is 31.9 Å². The molecule has 0 radical (unpaired) electrons. The van der Waals surface area contributed by atoms with Gasteiger partial charge in [-0.2, -0.15) is 0 Å². The number of aliphatic imine (C=N–C) groups is 1. The summed E-state index contributed by atoms with van der Waals surface area (Å²) in [5, 5.41) is 2.85. The lowest BCUT2D eigenvalue weighted by molar-refractivity contribution is -0.114. The smallest absolute Gasteiger partial charge is 0.266 e. The van der Waals surface area contributed by atoms with Crippen LogP contribution in [0, 0.1) is 0 Å². The highest BCUT2D eigenvalue weighted by molar-refractivity contribution is 8.01. The molecule has 0 aromatic rings. The van der Waals surface area contributed by atoms with Crippen LogP contribution in [-0.4, -0.2) is 28.8 Å². The summed E-state index contributed by atoms with van der Waals surface area (Å²) in [7, 11) is 0. The average Bonchev–Trinajstić information content (AvgIpc) is 2.41. The molecule has 13 heavy (non-hydrogen) atoms. The Morgan fingerprint density at radius 2 is 2.38 bits per heavy atom. The molecule has 4 heteroatoms. The van der Waals surface area contributed by atoms with Crippen molar-refractivity contribution >= 4 is 23.4 Å². The van der Waals surface area contributed by atoms with E-state index < -0.39 is 0 Å². The van der Waals surface area contributed by atoms with E-state index in [1.165, 1.54) is 0 Å². The molecule has 0 saturated carbocycles. The van der Waals surface area contributed by atoms with E-state index >= 15 is 0 Å². The predicted octanol–water partition coefficient (Wildman–Crippen LogP) is 1.44. The molecule has 74 valence electrons. The first kappa shape index (κ1) is 10.6. The maximum absolute atomic E-state index is 11.6. The topological polar surface area (TPSA) is 41.5 Å². The van der Waals surface area contributed by atoms with Gasteiger partial charge in [0.25, 0.3) is 5.91 Å². The first-order valence-corrected chi connectivity index (χ1v) is 5.53. The molecule has 0 unspecified atom stereocenters. The third-order valence-corrected chi connectivity index (χ3v) is 3.14. The van der Waals surface area contributed by atoms with E-state index in [2.05, 4.69) is 10.3 Å². The van der Waals surface area contributed by atoms with Crippen LogP contribution in [0.3, 0.4) is 0 Å². The Morgan fingerprint density at radius 1 is 1.69 bits per heavy atom. The van der Waals surface area contributed by atoms with E-state index in [1.807, 2.05) is 20.8 Å². The fourth-order valence-corrected chi connectivity index (χ4v) is 1.99. The van der Waals surface area contributed by atoms with Crippen LogP contribution in [0.5, 0.6) is 0 Å². The Labute approximate surface area is 83.4 Å². The molecular weight excluding hydrogens is 184 g/mol. The molecule has 0 bridgehead atoms. The van der Waals surface area contributed by atoms with Crippen LogP contribution in [-0.2, 0) is 4.79 Å². The molecule has 1 aliphatic rings. The van der Waals surface area contributed by atoms with Gasteiger partial charge in [-0.25, -0.2) is 0 Å². The zero-order valence-corrected chi connectivity index (χ0v) is 9.20. The number of hydrogen-bond acceptors (Lipinski definition) is 3. The summed E-state index contributed by atoms with van der Waals surface area (Å²) in [5.41, 5.74) is 0.686. The van der Waals surface area contributed by atoms with Crippen molar-refractivity contribution in [2.75, 3.05) is 12.4 Å². The van der Waals surface area contributed by atoms with Crippen molar-refractivity contribution in [2.24, 2.45) is 4.99 Å². The van der Waals surface area contributed by atoms with Crippen molar-refractivity contribution in [1.29, 1.82) is 0 Å². The van der Waals surface area contributed by atoms with Crippen molar-refractivity contribution in [3.05, 3.63) is 0 Å². The zero-order chi connectivity index (χ0) is 9.90. The number of nitrogens with zero attached hydrogens (tertiary/aromatic N) is 1. The van der Waals surface area contributed by atoms with Gasteiger partial charge in [0.2, 0.25) is 0 Å². The van der Waals surface area contributed by atoms with Crippen LogP contribution >= 0.6 is 11.8 Å². The molecule has 0 aromatic heterocycles. The largest absolute Gasteiger partial charge is 0.351 e. The highest BCUT2D eigenvalue weighted by Crippen LogP contribution is 2.31. The lowest BCUT2D eigenvalue weighted by atomic mass is 10.1. The number of rotatable bonds is 3. The molecule has 0 fully saturated rings. The van der Waals surface area contributed by atoms with E-state index in [0.29, 0.717) is 11.6 Å². The number of nitrogens with one attached hydrogen (secondary N) is 1. The highest BCUT2D eigenvalue weighted by Gasteiger charge is 2.34. The molecule has 0 aliphatic carbocycles. The van der Waals surface area contributed by atoms with Crippen molar-refractivity contribution in [3.8, 4) is 0 Å². The quantitative estimate of drug-likeness (QED) is 0.749. The van der Waals surface area contributed by atoms with Crippen LogP contribution in [0.15, 0.2) is 4.99 Å². The normalized spacial score (nSPS) is 19.8. The van der Waals surface area contributed by atoms with Gasteiger partial charge in [0.1, 0.15) is 5.71 Å². The summed E-state index contributed by atoms with van der Waals surface area (Å²) in [5.74, 6) is 0.707. The molecule has 0 saturated heterocycles. The van der Waals surface area contributed by atoms with Crippen LogP contribution < -0.4 is 5.32 Å². The molecule has 0 aromatic carbocycles. The van der Waals surface area contributed by atoms with Crippen molar-refractivity contribution < 1.29 is 4.79 Å². The Hall–Kier alpha value is -0.510. The van der Waals surface area contributed by atoms with Gasteiger partial charge in [0.05, 0.1) is 10.6 Å². The molecule has 0 spiro atoms. The first-order valence-electron chi connectivity index (χ1n) is 4.55. The fraction of sp³-hybridized carbons (Fsp3) is 0.778. The Balaban J connectivity index is 2.56. The second kappa shape index (κ2) is 4.13. The van der Waals surface area contributed by atoms with Crippen molar-refractivity contribution in [3.63, 3.8) is 0 Å². The second-order valence-corrected chi connectivity index (χ2v) is 5.11. The van der Waals surface area contributed by atoms with Gasteiger partial charge >= 0.3 is 0 Å². The molecule has 1 N–H and O–H groups in total. The molecule has 1 amide bonds. The number of hydrogen-bond donors (Lipinski definition) is 1. The molecule has 1 aliphatic heterocycles. The minimum Gasteiger partial charge on any atom is -0.351 e. The summed E-state index contributed by atoms with van der Waals surface area (Å²) < 4.78 is -0.113. The monoisotopic (exact) mass is 200 g/mol. The zero-order valence-electron chi connectivity index (χ0n) is 8.39. The standard InChI is InChI=1S/C9H16N2OS/c1-4-5-10-8(12)7-9(2,3)13-6-11-7/h4-6H2,1-3H3,(H,10,12). The minimum absolute atomic E-state index is 0.00292. The van der Waals surface area contributed by atoms with Crippen LogP contribution in [0.4, 0.5) is 0 Å². The SMILES string of the molecule is CCCNC(=O)C1=NCSC1(C)C. The molecular formula is C9H16N2OS. The van der Waals surface area contributed by atoms with Crippen LogP contribution in [0.1, 0.15) is 27.2 Å². The Bertz CT molecular complexity index is 236. The molecule has 3 nitrogen and oxygen atoms in total. The number of carbonyl (C=O) groups excluding carboxylic acids is 1. The predicted molar refractivity (Wildman–Crippen MR) is 57.3 cm³/mol.